The molecule has 4 rings (SSSR count). The van der Waals surface area contributed by atoms with Crippen LogP contribution in [0.2, 0.25) is 0 Å². The van der Waals surface area contributed by atoms with Crippen molar-refractivity contribution < 1.29 is 9.53 Å². The van der Waals surface area contributed by atoms with Crippen molar-refractivity contribution in [3.8, 4) is 5.75 Å². The van der Waals surface area contributed by atoms with Gasteiger partial charge in [-0.2, -0.15) is 5.10 Å². The van der Waals surface area contributed by atoms with Crippen LogP contribution in [0.15, 0.2) is 24.3 Å². The first-order valence-corrected chi connectivity index (χ1v) is 9.84. The number of carbonyl (C=O) groups excluding carboxylic acids is 1. The molecule has 3 N–H and O–H groups in total. The number of benzene rings is 1. The number of hydrogen-bond acceptors (Lipinski definition) is 5. The lowest BCUT2D eigenvalue weighted by molar-refractivity contribution is 0.102. The molecule has 1 aromatic carbocycles. The van der Waals surface area contributed by atoms with E-state index in [1.54, 1.807) is 25.3 Å². The molecule has 0 bridgehead atoms. The summed E-state index contributed by atoms with van der Waals surface area (Å²) in [6, 6.07) is 7.11. The highest BCUT2D eigenvalue weighted by Crippen LogP contribution is 2.41. The number of anilines is 2. The van der Waals surface area contributed by atoms with Crippen molar-refractivity contribution in [2.75, 3.05) is 18.2 Å². The van der Waals surface area contributed by atoms with Crippen LogP contribution in [0, 0.1) is 6.92 Å². The van der Waals surface area contributed by atoms with Crippen LogP contribution in [0.5, 0.6) is 5.75 Å². The SMILES string of the molecule is COc1ccc(N)c(NC(=O)c2cc(C3CC3)nc3c2c(C)nn3C(C)(C)C)c1.Cl.Cl. The van der Waals surface area contributed by atoms with Crippen LogP contribution in [0.3, 0.4) is 0 Å². The number of amides is 1. The molecule has 2 heterocycles. The molecule has 1 fully saturated rings. The van der Waals surface area contributed by atoms with Gasteiger partial charge in [0.2, 0.25) is 0 Å². The Bertz CT molecular complexity index is 1120. The van der Waals surface area contributed by atoms with E-state index >= 15 is 0 Å². The van der Waals surface area contributed by atoms with Crippen LogP contribution < -0.4 is 15.8 Å². The fourth-order valence-corrected chi connectivity index (χ4v) is 3.50. The van der Waals surface area contributed by atoms with Gasteiger partial charge < -0.3 is 15.8 Å². The number of nitrogens with two attached hydrogens (primary N) is 1. The van der Waals surface area contributed by atoms with Crippen molar-refractivity contribution >= 4 is 53.1 Å². The van der Waals surface area contributed by atoms with Crippen molar-refractivity contribution in [2.24, 2.45) is 0 Å². The Morgan fingerprint density at radius 3 is 2.48 bits per heavy atom. The van der Waals surface area contributed by atoms with Gasteiger partial charge in [0.25, 0.3) is 5.91 Å². The number of aryl methyl sites for hydroxylation is 1. The van der Waals surface area contributed by atoms with Gasteiger partial charge in [0.1, 0.15) is 5.75 Å². The maximum absolute atomic E-state index is 13.3. The largest absolute Gasteiger partial charge is 0.497 e. The summed E-state index contributed by atoms with van der Waals surface area (Å²) in [6.45, 7) is 8.17. The highest BCUT2D eigenvalue weighted by atomic mass is 35.5. The van der Waals surface area contributed by atoms with E-state index in [0.29, 0.717) is 28.6 Å². The number of halogens is 2. The van der Waals surface area contributed by atoms with Crippen molar-refractivity contribution in [1.29, 1.82) is 0 Å². The van der Waals surface area contributed by atoms with E-state index < -0.39 is 0 Å². The van der Waals surface area contributed by atoms with E-state index in [2.05, 4.69) is 26.1 Å². The molecule has 0 aliphatic heterocycles. The van der Waals surface area contributed by atoms with Crippen LogP contribution in [0.1, 0.15) is 61.3 Å². The number of hydrogen-bond donors (Lipinski definition) is 2. The number of fused-ring (bicyclic) bond motifs is 1. The molecule has 1 aliphatic carbocycles. The Morgan fingerprint density at radius 1 is 1.23 bits per heavy atom. The fraction of sp³-hybridized carbons (Fsp3) is 0.409. The standard InChI is InChI=1S/C22H27N5O2.2ClH/c1-12-19-15(21(28)25-18-10-14(29-5)8-9-16(18)23)11-17(13-6-7-13)24-20(19)27(26-12)22(2,3)4;;/h8-11,13H,6-7,23H2,1-5H3,(H,25,28);2*1H. The van der Waals surface area contributed by atoms with Crippen molar-refractivity contribution in [1.82, 2.24) is 14.8 Å². The highest BCUT2D eigenvalue weighted by molar-refractivity contribution is 6.13. The average Bonchev–Trinajstić information content (AvgIpc) is 3.46. The number of methoxy groups -OCH3 is 1. The molecule has 1 saturated carbocycles. The average molecular weight is 466 g/mol. The molecule has 2 aromatic heterocycles. The number of carbonyl (C=O) groups is 1. The molecule has 168 valence electrons. The molecule has 0 radical (unpaired) electrons. The molecule has 0 unspecified atom stereocenters. The zero-order valence-electron chi connectivity index (χ0n) is 18.4. The molecule has 0 atom stereocenters. The van der Waals surface area contributed by atoms with Gasteiger partial charge >= 0.3 is 0 Å². The highest BCUT2D eigenvalue weighted by Gasteiger charge is 2.30. The smallest absolute Gasteiger partial charge is 0.256 e. The Balaban J connectivity index is 0.00000171. The van der Waals surface area contributed by atoms with Crippen molar-refractivity contribution in [3.05, 3.63) is 41.2 Å². The third kappa shape index (κ3) is 4.72. The predicted octanol–water partition coefficient (Wildman–Crippen LogP) is 5.06. The normalized spacial score (nSPS) is 13.3. The first-order chi connectivity index (χ1) is 13.7. The fourth-order valence-electron chi connectivity index (χ4n) is 3.50. The van der Waals surface area contributed by atoms with Crippen LogP contribution in [-0.2, 0) is 5.54 Å². The Kier molecular flexibility index (Phi) is 7.13. The first-order valence-electron chi connectivity index (χ1n) is 9.84. The van der Waals surface area contributed by atoms with Crippen LogP contribution >= 0.6 is 24.8 Å². The third-order valence-electron chi connectivity index (χ3n) is 5.22. The maximum Gasteiger partial charge on any atom is 0.256 e. The Morgan fingerprint density at radius 2 is 1.90 bits per heavy atom. The van der Waals surface area contributed by atoms with E-state index in [9.17, 15) is 4.79 Å². The van der Waals surface area contributed by atoms with Crippen molar-refractivity contribution in [3.63, 3.8) is 0 Å². The van der Waals surface area contributed by atoms with E-state index in [4.69, 9.17) is 20.6 Å². The summed E-state index contributed by atoms with van der Waals surface area (Å²) in [6.07, 6.45) is 2.20. The molecular formula is C22H29Cl2N5O2. The Hall–Kier alpha value is -2.51. The lowest BCUT2D eigenvalue weighted by Crippen LogP contribution is -2.24. The number of nitrogen functional groups attached to an aromatic ring is 1. The lowest BCUT2D eigenvalue weighted by Gasteiger charge is -2.20. The van der Waals surface area contributed by atoms with Gasteiger partial charge in [-0.15, -0.1) is 24.8 Å². The number of pyridine rings is 1. The molecule has 1 aliphatic rings. The summed E-state index contributed by atoms with van der Waals surface area (Å²) in [4.78, 5) is 18.2. The topological polar surface area (TPSA) is 95.1 Å². The number of nitrogens with one attached hydrogen (secondary N) is 1. The summed E-state index contributed by atoms with van der Waals surface area (Å²) in [7, 11) is 1.58. The summed E-state index contributed by atoms with van der Waals surface area (Å²) in [5.74, 6) is 0.817. The van der Waals surface area contributed by atoms with E-state index in [1.807, 2.05) is 17.7 Å². The molecule has 31 heavy (non-hydrogen) atoms. The molecule has 1 amide bonds. The van der Waals surface area contributed by atoms with Gasteiger partial charge in [0.15, 0.2) is 5.65 Å². The van der Waals surface area contributed by atoms with Crippen LogP contribution in [0.25, 0.3) is 11.0 Å². The predicted molar refractivity (Wildman–Crippen MR) is 129 cm³/mol. The number of nitrogens with zero attached hydrogens (tertiary/aromatic N) is 3. The van der Waals surface area contributed by atoms with E-state index in [-0.39, 0.29) is 36.3 Å². The second-order valence-electron chi connectivity index (χ2n) is 8.64. The summed E-state index contributed by atoms with van der Waals surface area (Å²) in [5.41, 5.74) is 9.89. The quantitative estimate of drug-likeness (QED) is 0.524. The Labute approximate surface area is 194 Å². The summed E-state index contributed by atoms with van der Waals surface area (Å²) >= 11 is 0. The zero-order chi connectivity index (χ0) is 20.9. The second-order valence-corrected chi connectivity index (χ2v) is 8.64. The summed E-state index contributed by atoms with van der Waals surface area (Å²) in [5, 5.41) is 8.43. The second kappa shape index (κ2) is 8.93. The number of aromatic nitrogens is 3. The zero-order valence-corrected chi connectivity index (χ0v) is 20.0. The van der Waals surface area contributed by atoms with Gasteiger partial charge in [0, 0.05) is 17.7 Å². The van der Waals surface area contributed by atoms with E-state index in [1.165, 1.54) is 0 Å². The number of rotatable bonds is 4. The van der Waals surface area contributed by atoms with Gasteiger partial charge in [0.05, 0.1) is 40.7 Å². The van der Waals surface area contributed by atoms with Gasteiger partial charge in [-0.25, -0.2) is 9.67 Å². The molecular weight excluding hydrogens is 437 g/mol. The minimum atomic E-state index is -0.243. The monoisotopic (exact) mass is 465 g/mol. The molecule has 9 heteroatoms. The molecule has 3 aromatic rings. The van der Waals surface area contributed by atoms with Crippen LogP contribution in [-0.4, -0.2) is 27.8 Å². The molecule has 0 spiro atoms. The lowest BCUT2D eigenvalue weighted by atomic mass is 10.1. The minimum absolute atomic E-state index is 0. The van der Waals surface area contributed by atoms with Crippen molar-refractivity contribution in [2.45, 2.75) is 52.0 Å². The van der Waals surface area contributed by atoms with Gasteiger partial charge in [-0.05, 0) is 58.7 Å². The third-order valence-corrected chi connectivity index (χ3v) is 5.22. The van der Waals surface area contributed by atoms with E-state index in [0.717, 1.165) is 35.3 Å². The molecule has 0 saturated heterocycles. The maximum atomic E-state index is 13.3. The number of ether oxygens (including phenoxy) is 1. The molecule has 7 nitrogen and oxygen atoms in total. The first kappa shape index (κ1) is 24.8. The van der Waals surface area contributed by atoms with Crippen LogP contribution in [0.4, 0.5) is 11.4 Å². The summed E-state index contributed by atoms with van der Waals surface area (Å²) < 4.78 is 7.17. The minimum Gasteiger partial charge on any atom is -0.497 e. The van der Waals surface area contributed by atoms with Gasteiger partial charge in [-0.3, -0.25) is 4.79 Å². The van der Waals surface area contributed by atoms with Gasteiger partial charge in [-0.1, -0.05) is 0 Å².